The lowest BCUT2D eigenvalue weighted by atomic mass is 10.1. The van der Waals surface area contributed by atoms with E-state index in [4.69, 9.17) is 10.3 Å². The summed E-state index contributed by atoms with van der Waals surface area (Å²) >= 11 is 0. The summed E-state index contributed by atoms with van der Waals surface area (Å²) < 4.78 is 18.2. The largest absolute Gasteiger partial charge is 0.391 e. The monoisotopic (exact) mass is 251 g/mol. The first-order valence-corrected chi connectivity index (χ1v) is 5.52. The summed E-state index contributed by atoms with van der Waals surface area (Å²) in [6.45, 7) is 3.30. The average molecular weight is 251 g/mol. The molecule has 0 fully saturated rings. The van der Waals surface area contributed by atoms with E-state index in [1.165, 1.54) is 19.1 Å². The fourth-order valence-electron chi connectivity index (χ4n) is 1.56. The first kappa shape index (κ1) is 12.7. The SMILES string of the molecule is Cc1cc(F)cc(-c2noc([C@@H](N)[C@@H](C)O)n2)c1. The Balaban J connectivity index is 2.35. The molecule has 3 N–H and O–H groups in total. The molecule has 0 aliphatic heterocycles. The maximum absolute atomic E-state index is 13.3. The van der Waals surface area contributed by atoms with Crippen molar-refractivity contribution >= 4 is 0 Å². The molecule has 1 heterocycles. The van der Waals surface area contributed by atoms with Gasteiger partial charge < -0.3 is 15.4 Å². The predicted octanol–water partition coefficient (Wildman–Crippen LogP) is 1.56. The van der Waals surface area contributed by atoms with Crippen molar-refractivity contribution in [2.45, 2.75) is 26.0 Å². The Morgan fingerprint density at radius 3 is 2.72 bits per heavy atom. The van der Waals surface area contributed by atoms with Gasteiger partial charge in [0.25, 0.3) is 0 Å². The topological polar surface area (TPSA) is 85.2 Å². The van der Waals surface area contributed by atoms with Crippen LogP contribution < -0.4 is 5.73 Å². The molecule has 6 heteroatoms. The van der Waals surface area contributed by atoms with Gasteiger partial charge >= 0.3 is 0 Å². The number of hydrogen-bond acceptors (Lipinski definition) is 5. The van der Waals surface area contributed by atoms with Crippen LogP contribution in [-0.4, -0.2) is 21.4 Å². The number of nitrogens with two attached hydrogens (primary N) is 1. The highest BCUT2D eigenvalue weighted by Crippen LogP contribution is 2.21. The molecule has 0 unspecified atom stereocenters. The minimum Gasteiger partial charge on any atom is -0.391 e. The maximum Gasteiger partial charge on any atom is 0.246 e. The third kappa shape index (κ3) is 2.55. The third-order valence-corrected chi connectivity index (χ3v) is 2.55. The Bertz CT molecular complexity index is 534. The van der Waals surface area contributed by atoms with Crippen molar-refractivity contribution in [3.8, 4) is 11.4 Å². The minimum absolute atomic E-state index is 0.127. The Morgan fingerprint density at radius 1 is 1.39 bits per heavy atom. The molecule has 2 atom stereocenters. The Labute approximate surface area is 103 Å². The summed E-state index contributed by atoms with van der Waals surface area (Å²) in [5.74, 6) is 0.0155. The summed E-state index contributed by atoms with van der Waals surface area (Å²) in [5.41, 5.74) is 6.94. The number of benzene rings is 1. The van der Waals surface area contributed by atoms with Gasteiger partial charge in [-0.1, -0.05) is 5.16 Å². The number of aliphatic hydroxyl groups excluding tert-OH is 1. The standard InChI is InChI=1S/C12H14FN3O2/c1-6-3-8(5-9(13)4-6)11-15-12(18-16-11)10(14)7(2)17/h3-5,7,10,17H,14H2,1-2H3/t7-,10+/m1/s1. The van der Waals surface area contributed by atoms with Gasteiger partial charge in [0.2, 0.25) is 11.7 Å². The second-order valence-corrected chi connectivity index (χ2v) is 4.24. The summed E-state index contributed by atoms with van der Waals surface area (Å²) in [7, 11) is 0. The van der Waals surface area contributed by atoms with Gasteiger partial charge in [-0.3, -0.25) is 0 Å². The molecular weight excluding hydrogens is 237 g/mol. The van der Waals surface area contributed by atoms with E-state index in [0.717, 1.165) is 5.56 Å². The van der Waals surface area contributed by atoms with Crippen molar-refractivity contribution in [2.75, 3.05) is 0 Å². The van der Waals surface area contributed by atoms with Crippen molar-refractivity contribution < 1.29 is 14.0 Å². The molecular formula is C12H14FN3O2. The predicted molar refractivity (Wildman–Crippen MR) is 63.0 cm³/mol. The van der Waals surface area contributed by atoms with Gasteiger partial charge in [-0.25, -0.2) is 4.39 Å². The number of rotatable bonds is 3. The van der Waals surface area contributed by atoms with Crippen LogP contribution in [0.2, 0.25) is 0 Å². The number of aromatic nitrogens is 2. The number of halogens is 1. The summed E-state index contributed by atoms with van der Waals surface area (Å²) in [4.78, 5) is 4.05. The highest BCUT2D eigenvalue weighted by atomic mass is 19.1. The third-order valence-electron chi connectivity index (χ3n) is 2.55. The van der Waals surface area contributed by atoms with Crippen LogP contribution in [0.5, 0.6) is 0 Å². The summed E-state index contributed by atoms with van der Waals surface area (Å²) in [5, 5.41) is 13.1. The number of hydrogen-bond donors (Lipinski definition) is 2. The molecule has 18 heavy (non-hydrogen) atoms. The van der Waals surface area contributed by atoms with Crippen LogP contribution in [0.4, 0.5) is 4.39 Å². The zero-order valence-electron chi connectivity index (χ0n) is 10.1. The highest BCUT2D eigenvalue weighted by molar-refractivity contribution is 5.55. The lowest BCUT2D eigenvalue weighted by Gasteiger charge is -2.08. The van der Waals surface area contributed by atoms with Crippen LogP contribution in [0.3, 0.4) is 0 Å². The van der Waals surface area contributed by atoms with E-state index in [1.807, 2.05) is 0 Å². The molecule has 96 valence electrons. The molecule has 0 aliphatic carbocycles. The lowest BCUT2D eigenvalue weighted by Crippen LogP contribution is -2.23. The van der Waals surface area contributed by atoms with Crippen molar-refractivity contribution in [2.24, 2.45) is 5.73 Å². The second-order valence-electron chi connectivity index (χ2n) is 4.24. The first-order valence-electron chi connectivity index (χ1n) is 5.52. The van der Waals surface area contributed by atoms with Gasteiger partial charge in [-0.2, -0.15) is 4.98 Å². The fourth-order valence-corrected chi connectivity index (χ4v) is 1.56. The van der Waals surface area contributed by atoms with Gasteiger partial charge in [-0.05, 0) is 37.6 Å². The van der Waals surface area contributed by atoms with Crippen LogP contribution in [-0.2, 0) is 0 Å². The zero-order chi connectivity index (χ0) is 13.3. The van der Waals surface area contributed by atoms with Crippen LogP contribution in [0.15, 0.2) is 22.7 Å². The van der Waals surface area contributed by atoms with E-state index in [2.05, 4.69) is 10.1 Å². The molecule has 0 bridgehead atoms. The Kier molecular flexibility index (Phi) is 3.40. The molecule has 2 rings (SSSR count). The van der Waals surface area contributed by atoms with Crippen molar-refractivity contribution in [1.29, 1.82) is 0 Å². The Morgan fingerprint density at radius 2 is 2.11 bits per heavy atom. The molecule has 1 aromatic carbocycles. The normalized spacial score (nSPS) is 14.5. The zero-order valence-corrected chi connectivity index (χ0v) is 10.1. The molecule has 0 amide bonds. The molecule has 0 saturated heterocycles. The number of nitrogens with zero attached hydrogens (tertiary/aromatic N) is 2. The molecule has 0 saturated carbocycles. The second kappa shape index (κ2) is 4.83. The molecule has 2 aromatic rings. The summed E-state index contributed by atoms with van der Waals surface area (Å²) in [6.07, 6.45) is -0.799. The first-order chi connectivity index (χ1) is 8.47. The van der Waals surface area contributed by atoms with Crippen LogP contribution in [0.25, 0.3) is 11.4 Å². The van der Waals surface area contributed by atoms with Crippen LogP contribution >= 0.6 is 0 Å². The van der Waals surface area contributed by atoms with Crippen LogP contribution in [0.1, 0.15) is 24.4 Å². The molecule has 1 aromatic heterocycles. The fraction of sp³-hybridized carbons (Fsp3) is 0.333. The van der Waals surface area contributed by atoms with E-state index in [9.17, 15) is 9.50 Å². The van der Waals surface area contributed by atoms with Gasteiger partial charge in [0.1, 0.15) is 11.9 Å². The quantitative estimate of drug-likeness (QED) is 0.864. The highest BCUT2D eigenvalue weighted by Gasteiger charge is 2.20. The molecule has 0 spiro atoms. The van der Waals surface area contributed by atoms with Crippen molar-refractivity contribution in [1.82, 2.24) is 10.1 Å². The van der Waals surface area contributed by atoms with E-state index >= 15 is 0 Å². The number of aliphatic hydroxyl groups is 1. The van der Waals surface area contributed by atoms with E-state index in [-0.39, 0.29) is 17.5 Å². The van der Waals surface area contributed by atoms with Gasteiger partial charge in [0.05, 0.1) is 6.10 Å². The van der Waals surface area contributed by atoms with E-state index in [1.54, 1.807) is 13.0 Å². The lowest BCUT2D eigenvalue weighted by molar-refractivity contribution is 0.146. The van der Waals surface area contributed by atoms with Crippen molar-refractivity contribution in [3.05, 3.63) is 35.5 Å². The Hall–Kier alpha value is -1.79. The van der Waals surface area contributed by atoms with E-state index < -0.39 is 12.1 Å². The molecule has 0 aliphatic rings. The average Bonchev–Trinajstić information content (AvgIpc) is 2.75. The van der Waals surface area contributed by atoms with Crippen molar-refractivity contribution in [3.63, 3.8) is 0 Å². The molecule has 5 nitrogen and oxygen atoms in total. The van der Waals surface area contributed by atoms with E-state index in [0.29, 0.717) is 5.56 Å². The number of aryl methyl sites for hydroxylation is 1. The van der Waals surface area contributed by atoms with Gasteiger partial charge in [-0.15, -0.1) is 0 Å². The minimum atomic E-state index is -0.799. The van der Waals surface area contributed by atoms with Crippen LogP contribution in [0, 0.1) is 12.7 Å². The van der Waals surface area contributed by atoms with Gasteiger partial charge in [0.15, 0.2) is 0 Å². The molecule has 0 radical (unpaired) electrons. The smallest absolute Gasteiger partial charge is 0.246 e. The summed E-state index contributed by atoms with van der Waals surface area (Å²) in [6, 6.07) is 3.72. The maximum atomic E-state index is 13.3. The van der Waals surface area contributed by atoms with Gasteiger partial charge in [0, 0.05) is 5.56 Å².